The maximum Gasteiger partial charge on any atom is 0.255 e. The van der Waals surface area contributed by atoms with Gasteiger partial charge in [-0.2, -0.15) is 5.10 Å². The molecule has 5 heteroatoms. The minimum atomic E-state index is -0.238. The summed E-state index contributed by atoms with van der Waals surface area (Å²) in [7, 11) is 0. The summed E-state index contributed by atoms with van der Waals surface area (Å²) >= 11 is 0. The summed E-state index contributed by atoms with van der Waals surface area (Å²) in [5.41, 5.74) is 8.06. The van der Waals surface area contributed by atoms with Crippen LogP contribution in [0, 0.1) is 6.92 Å². The Morgan fingerprint density at radius 2 is 2.00 bits per heavy atom. The minimum absolute atomic E-state index is 0.0768. The lowest BCUT2D eigenvalue weighted by molar-refractivity contribution is 0.0902. The molecule has 1 saturated carbocycles. The summed E-state index contributed by atoms with van der Waals surface area (Å²) in [6, 6.07) is 9.82. The highest BCUT2D eigenvalue weighted by molar-refractivity contribution is 5.95. The Kier molecular flexibility index (Phi) is 3.98. The van der Waals surface area contributed by atoms with Gasteiger partial charge in [0.05, 0.1) is 28.7 Å². The maximum absolute atomic E-state index is 12.6. The molecule has 2 aromatic rings. The number of hydrogen-bond acceptors (Lipinski definition) is 3. The van der Waals surface area contributed by atoms with Gasteiger partial charge in [0.2, 0.25) is 0 Å². The number of rotatable bonds is 4. The quantitative estimate of drug-likeness (QED) is 0.908. The maximum atomic E-state index is 12.6. The Hall–Kier alpha value is -2.14. The third-order valence-corrected chi connectivity index (χ3v) is 4.59. The normalized spacial score (nSPS) is 16.6. The number of amides is 1. The number of nitrogens with two attached hydrogens (primary N) is 1. The smallest absolute Gasteiger partial charge is 0.255 e. The molecule has 5 nitrogen and oxygen atoms in total. The molecule has 0 atom stereocenters. The highest BCUT2D eigenvalue weighted by Crippen LogP contribution is 2.29. The van der Waals surface area contributed by atoms with Gasteiger partial charge in [0.25, 0.3) is 5.91 Å². The number of carbonyl (C=O) groups is 1. The van der Waals surface area contributed by atoms with E-state index in [0.29, 0.717) is 12.1 Å². The zero-order valence-electron chi connectivity index (χ0n) is 12.9. The van der Waals surface area contributed by atoms with Gasteiger partial charge < -0.3 is 11.1 Å². The lowest BCUT2D eigenvalue weighted by Crippen LogP contribution is -2.51. The number of nitrogens with one attached hydrogen (secondary N) is 1. The van der Waals surface area contributed by atoms with Crippen molar-refractivity contribution in [3.63, 3.8) is 0 Å². The van der Waals surface area contributed by atoms with Crippen molar-refractivity contribution in [3.05, 3.63) is 47.8 Å². The lowest BCUT2D eigenvalue weighted by atomic mass is 9.97. The van der Waals surface area contributed by atoms with Crippen molar-refractivity contribution in [3.8, 4) is 5.69 Å². The second kappa shape index (κ2) is 5.93. The van der Waals surface area contributed by atoms with Crippen LogP contribution in [0.15, 0.2) is 36.5 Å². The Bertz CT molecular complexity index is 657. The number of benzene rings is 1. The van der Waals surface area contributed by atoms with Crippen LogP contribution in [0.1, 0.15) is 41.7 Å². The summed E-state index contributed by atoms with van der Waals surface area (Å²) < 4.78 is 1.79. The zero-order chi connectivity index (χ0) is 15.6. The molecule has 3 rings (SSSR count). The first kappa shape index (κ1) is 14.8. The number of para-hydroxylation sites is 1. The standard InChI is InChI=1S/C17H22N4O/c1-13-15(11-19-21(13)14-7-3-2-4-8-14)16(22)20-17(12-18)9-5-6-10-17/h2-4,7-8,11H,5-6,9-10,12,18H2,1H3,(H,20,22). The van der Waals surface area contributed by atoms with Gasteiger partial charge in [-0.3, -0.25) is 4.79 Å². The molecule has 22 heavy (non-hydrogen) atoms. The fourth-order valence-corrected chi connectivity index (χ4v) is 3.20. The summed E-state index contributed by atoms with van der Waals surface area (Å²) in [5.74, 6) is -0.0768. The van der Waals surface area contributed by atoms with Gasteiger partial charge in [-0.25, -0.2) is 4.68 Å². The van der Waals surface area contributed by atoms with Gasteiger partial charge in [0, 0.05) is 6.54 Å². The van der Waals surface area contributed by atoms with E-state index in [0.717, 1.165) is 37.1 Å². The average Bonchev–Trinajstić information content (AvgIpc) is 3.15. The predicted octanol–water partition coefficient (Wildman–Crippen LogP) is 2.18. The lowest BCUT2D eigenvalue weighted by Gasteiger charge is -2.28. The number of hydrogen-bond donors (Lipinski definition) is 2. The molecule has 1 heterocycles. The van der Waals surface area contributed by atoms with Crippen LogP contribution < -0.4 is 11.1 Å². The Labute approximate surface area is 130 Å². The van der Waals surface area contributed by atoms with E-state index in [1.54, 1.807) is 10.9 Å². The molecular weight excluding hydrogens is 276 g/mol. The molecule has 0 saturated heterocycles. The van der Waals surface area contributed by atoms with E-state index in [1.807, 2.05) is 37.3 Å². The van der Waals surface area contributed by atoms with E-state index in [2.05, 4.69) is 10.4 Å². The molecule has 116 valence electrons. The summed E-state index contributed by atoms with van der Waals surface area (Å²) in [4.78, 5) is 12.6. The van der Waals surface area contributed by atoms with E-state index in [1.165, 1.54) is 0 Å². The van der Waals surface area contributed by atoms with Crippen LogP contribution in [0.4, 0.5) is 0 Å². The molecule has 1 aromatic carbocycles. The molecule has 0 radical (unpaired) electrons. The second-order valence-corrected chi connectivity index (χ2v) is 6.04. The topological polar surface area (TPSA) is 72.9 Å². The molecule has 0 spiro atoms. The first-order valence-corrected chi connectivity index (χ1v) is 7.78. The van der Waals surface area contributed by atoms with Crippen LogP contribution >= 0.6 is 0 Å². The van der Waals surface area contributed by atoms with Gasteiger partial charge in [-0.05, 0) is 31.9 Å². The third-order valence-electron chi connectivity index (χ3n) is 4.59. The molecule has 1 fully saturated rings. The van der Waals surface area contributed by atoms with Gasteiger partial charge in [-0.1, -0.05) is 31.0 Å². The fraction of sp³-hybridized carbons (Fsp3) is 0.412. The Balaban J connectivity index is 1.84. The third kappa shape index (κ3) is 2.64. The zero-order valence-corrected chi connectivity index (χ0v) is 12.9. The van der Waals surface area contributed by atoms with E-state index in [-0.39, 0.29) is 11.4 Å². The SMILES string of the molecule is Cc1c(C(=O)NC2(CN)CCCC2)cnn1-c1ccccc1. The molecule has 1 amide bonds. The highest BCUT2D eigenvalue weighted by atomic mass is 16.1. The molecule has 3 N–H and O–H groups in total. The van der Waals surface area contributed by atoms with Crippen molar-refractivity contribution in [1.82, 2.24) is 15.1 Å². The van der Waals surface area contributed by atoms with Crippen LogP contribution in [0.3, 0.4) is 0 Å². The average molecular weight is 298 g/mol. The fourth-order valence-electron chi connectivity index (χ4n) is 3.20. The highest BCUT2D eigenvalue weighted by Gasteiger charge is 2.34. The molecule has 0 unspecified atom stereocenters. The van der Waals surface area contributed by atoms with Crippen LogP contribution in [0.2, 0.25) is 0 Å². The van der Waals surface area contributed by atoms with Crippen LogP contribution in [0.25, 0.3) is 5.69 Å². The molecule has 1 aliphatic rings. The number of carbonyl (C=O) groups excluding carboxylic acids is 1. The van der Waals surface area contributed by atoms with Crippen molar-refractivity contribution in [1.29, 1.82) is 0 Å². The van der Waals surface area contributed by atoms with Crippen molar-refractivity contribution >= 4 is 5.91 Å². The van der Waals surface area contributed by atoms with E-state index in [9.17, 15) is 4.79 Å². The number of aromatic nitrogens is 2. The van der Waals surface area contributed by atoms with Crippen LogP contribution in [-0.4, -0.2) is 27.8 Å². The van der Waals surface area contributed by atoms with Crippen molar-refractivity contribution < 1.29 is 4.79 Å². The Morgan fingerprint density at radius 3 is 2.64 bits per heavy atom. The molecular formula is C17H22N4O. The summed E-state index contributed by atoms with van der Waals surface area (Å²) in [6.07, 6.45) is 5.80. The predicted molar refractivity (Wildman–Crippen MR) is 86.0 cm³/mol. The minimum Gasteiger partial charge on any atom is -0.345 e. The van der Waals surface area contributed by atoms with Crippen molar-refractivity contribution in [2.24, 2.45) is 5.73 Å². The van der Waals surface area contributed by atoms with Crippen molar-refractivity contribution in [2.75, 3.05) is 6.54 Å². The number of nitrogens with zero attached hydrogens (tertiary/aromatic N) is 2. The summed E-state index contributed by atoms with van der Waals surface area (Å²) in [5, 5.41) is 7.50. The van der Waals surface area contributed by atoms with Crippen LogP contribution in [0.5, 0.6) is 0 Å². The van der Waals surface area contributed by atoms with E-state index < -0.39 is 0 Å². The van der Waals surface area contributed by atoms with E-state index in [4.69, 9.17) is 5.73 Å². The van der Waals surface area contributed by atoms with E-state index >= 15 is 0 Å². The monoisotopic (exact) mass is 298 g/mol. The molecule has 0 aliphatic heterocycles. The molecule has 1 aliphatic carbocycles. The first-order valence-electron chi connectivity index (χ1n) is 7.78. The largest absolute Gasteiger partial charge is 0.345 e. The van der Waals surface area contributed by atoms with Gasteiger partial charge in [0.15, 0.2) is 0 Å². The van der Waals surface area contributed by atoms with Gasteiger partial charge in [-0.15, -0.1) is 0 Å². The summed E-state index contributed by atoms with van der Waals surface area (Å²) in [6.45, 7) is 2.41. The van der Waals surface area contributed by atoms with Gasteiger partial charge >= 0.3 is 0 Å². The van der Waals surface area contributed by atoms with Crippen LogP contribution in [-0.2, 0) is 0 Å². The van der Waals surface area contributed by atoms with Crippen molar-refractivity contribution in [2.45, 2.75) is 38.1 Å². The molecule has 1 aromatic heterocycles. The first-order chi connectivity index (χ1) is 10.7. The Morgan fingerprint density at radius 1 is 1.32 bits per heavy atom. The second-order valence-electron chi connectivity index (χ2n) is 6.04. The molecule has 0 bridgehead atoms. The van der Waals surface area contributed by atoms with Gasteiger partial charge in [0.1, 0.15) is 0 Å².